The van der Waals surface area contributed by atoms with Crippen molar-refractivity contribution in [3.8, 4) is 0 Å². The van der Waals surface area contributed by atoms with Gasteiger partial charge >= 0.3 is 33.6 Å². The zero-order valence-electron chi connectivity index (χ0n) is 71.6. The van der Waals surface area contributed by atoms with Crippen LogP contribution in [0.15, 0.2) is 207 Å². The molecule has 5 atom stereocenters. The molecule has 0 rings (SSSR count). The van der Waals surface area contributed by atoms with Crippen molar-refractivity contribution in [1.29, 1.82) is 0 Å². The zero-order valence-corrected chi connectivity index (χ0v) is 73.4. The van der Waals surface area contributed by atoms with Crippen LogP contribution in [0.5, 0.6) is 0 Å². The van der Waals surface area contributed by atoms with E-state index >= 15 is 0 Å². The Hall–Kier alpha value is -5.87. The standard InChI is InChI=1S/C97H158O16P2/c1-4-7-10-13-16-19-22-25-28-31-34-37-40-43-44-45-46-49-51-53-56-59-62-65-68-71-74-77-80-83-95(100)107-86-92(98)87-109-114(103,104)110-88-93(99)89-111-115(105,106)112-91-94(113-97(102)85-82-79-76-73-70-67-64-61-58-55-52-48-42-39-36-33-30-27-24-21-18-15-12-9-6-3)90-108-96(101)84-81-78-75-72-69-66-63-60-57-54-50-47-41-38-35-32-29-26-23-20-17-14-11-8-5-2/h7-12,16-21,25-30,34-39,43-44,46-50,52,57,60,92-94,98-99H,4-6,13-15,22-24,31-33,40-42,45,51,53-56,58-59,61-91H2,1-3H3,(H,103,104)(H,105,106)/b10-7-,11-8-,12-9-,19-16-,20-17-,21-18-,28-25-,29-26-,30-27-,37-34-,38-35-,39-36-,44-43-,49-46-,50-47-,52-48-,60-57-. The molecule has 115 heavy (non-hydrogen) atoms. The van der Waals surface area contributed by atoms with Crippen LogP contribution in [0.25, 0.3) is 0 Å². The number of hydrogen-bond donors (Lipinski definition) is 4. The van der Waals surface area contributed by atoms with Crippen LogP contribution in [0, 0.1) is 0 Å². The fourth-order valence-corrected chi connectivity index (χ4v) is 13.0. The van der Waals surface area contributed by atoms with Gasteiger partial charge in [-0.25, -0.2) is 9.13 Å². The van der Waals surface area contributed by atoms with Gasteiger partial charge in [0, 0.05) is 19.3 Å². The number of aliphatic hydroxyl groups is 2. The summed E-state index contributed by atoms with van der Waals surface area (Å²) < 4.78 is 61.4. The number of phosphoric acid groups is 2. The summed E-state index contributed by atoms with van der Waals surface area (Å²) in [7, 11) is -9.83. The van der Waals surface area contributed by atoms with Gasteiger partial charge in [-0.3, -0.25) is 32.5 Å². The van der Waals surface area contributed by atoms with E-state index in [-0.39, 0.29) is 19.3 Å². The first-order valence-electron chi connectivity index (χ1n) is 44.4. The summed E-state index contributed by atoms with van der Waals surface area (Å²) in [4.78, 5) is 59.0. The molecule has 0 radical (unpaired) electrons. The average Bonchev–Trinajstić information content (AvgIpc) is 0.902. The Labute approximate surface area is 699 Å². The van der Waals surface area contributed by atoms with E-state index in [2.05, 4.69) is 227 Å². The molecule has 0 fully saturated rings. The summed E-state index contributed by atoms with van der Waals surface area (Å²) in [6.07, 6.45) is 117. The highest BCUT2D eigenvalue weighted by Gasteiger charge is 2.29. The molecule has 652 valence electrons. The third kappa shape index (κ3) is 88.8. The summed E-state index contributed by atoms with van der Waals surface area (Å²) in [6.45, 7) is 2.32. The van der Waals surface area contributed by atoms with Crippen molar-refractivity contribution in [2.24, 2.45) is 0 Å². The molecule has 18 heteroatoms. The van der Waals surface area contributed by atoms with Crippen LogP contribution in [0.4, 0.5) is 0 Å². The number of aliphatic hydroxyl groups excluding tert-OH is 2. The van der Waals surface area contributed by atoms with E-state index in [0.717, 1.165) is 218 Å². The van der Waals surface area contributed by atoms with E-state index in [9.17, 15) is 43.5 Å². The third-order valence-electron chi connectivity index (χ3n) is 18.0. The normalized spacial score (nSPS) is 14.8. The topological polar surface area (TPSA) is 231 Å². The van der Waals surface area contributed by atoms with Gasteiger partial charge in [0.15, 0.2) is 6.10 Å². The van der Waals surface area contributed by atoms with Crippen molar-refractivity contribution < 1.29 is 75.8 Å². The molecule has 0 aliphatic rings. The Kier molecular flexibility index (Phi) is 83.0. The van der Waals surface area contributed by atoms with Crippen molar-refractivity contribution in [3.05, 3.63) is 207 Å². The van der Waals surface area contributed by atoms with E-state index in [4.69, 9.17) is 32.3 Å². The molecule has 0 amide bonds. The Morgan fingerprint density at radius 3 is 0.687 bits per heavy atom. The molecular formula is C97H158O16P2. The SMILES string of the molecule is CC/C=C\C/C=C\C/C=C\C/C=C\C/C=C\C/C=C\CCCCCCCCCCCCC(=O)OCC(O)COP(=O)(O)OCC(O)COP(=O)(O)OCC(COC(=O)CCCCCCCC/C=C\C/C=C\C/C=C\C/C=C\C/C=C\C/C=C\CC)OC(=O)CCCCCCCCCCC/C=C\C/C=C\C/C=C\C/C=C\C/C=C\CC. The average molecular weight is 1640 g/mol. The molecule has 0 spiro atoms. The maximum atomic E-state index is 13.1. The van der Waals surface area contributed by atoms with Gasteiger partial charge in [0.25, 0.3) is 0 Å². The molecule has 0 aromatic carbocycles. The van der Waals surface area contributed by atoms with Crippen LogP contribution in [0.2, 0.25) is 0 Å². The predicted octanol–water partition coefficient (Wildman–Crippen LogP) is 27.2. The molecule has 0 aliphatic carbocycles. The number of allylic oxidation sites excluding steroid dienone is 34. The fourth-order valence-electron chi connectivity index (χ4n) is 11.4. The number of rotatable bonds is 82. The second kappa shape index (κ2) is 87.4. The highest BCUT2D eigenvalue weighted by molar-refractivity contribution is 7.47. The van der Waals surface area contributed by atoms with Gasteiger partial charge < -0.3 is 34.2 Å². The Balaban J connectivity index is 4.71. The van der Waals surface area contributed by atoms with Gasteiger partial charge in [0.1, 0.15) is 25.4 Å². The van der Waals surface area contributed by atoms with Crippen molar-refractivity contribution >= 4 is 33.6 Å². The van der Waals surface area contributed by atoms with Crippen molar-refractivity contribution in [2.75, 3.05) is 39.6 Å². The van der Waals surface area contributed by atoms with Crippen molar-refractivity contribution in [2.45, 2.75) is 347 Å². The molecule has 0 saturated carbocycles. The first kappa shape index (κ1) is 109. The quantitative estimate of drug-likeness (QED) is 0.0146. The zero-order chi connectivity index (χ0) is 83.6. The lowest BCUT2D eigenvalue weighted by atomic mass is 10.1. The molecule has 16 nitrogen and oxygen atoms in total. The highest BCUT2D eigenvalue weighted by Crippen LogP contribution is 2.45. The van der Waals surface area contributed by atoms with E-state index in [0.29, 0.717) is 19.3 Å². The van der Waals surface area contributed by atoms with Crippen LogP contribution in [0.3, 0.4) is 0 Å². The molecule has 4 N–H and O–H groups in total. The Bertz CT molecular complexity index is 2920. The molecule has 0 heterocycles. The fraction of sp³-hybridized carbons (Fsp3) is 0.619. The molecule has 0 saturated heterocycles. The lowest BCUT2D eigenvalue weighted by molar-refractivity contribution is -0.161. The maximum absolute atomic E-state index is 13.1. The molecule has 0 aliphatic heterocycles. The Morgan fingerprint density at radius 2 is 0.435 bits per heavy atom. The number of carbonyl (C=O) groups is 3. The van der Waals surface area contributed by atoms with Crippen LogP contribution in [-0.4, -0.2) is 95.9 Å². The molecule has 0 aromatic rings. The first-order chi connectivity index (χ1) is 56.2. The minimum atomic E-state index is -4.95. The molecule has 0 bridgehead atoms. The van der Waals surface area contributed by atoms with E-state index < -0.39 is 91.5 Å². The van der Waals surface area contributed by atoms with Crippen LogP contribution in [0.1, 0.15) is 329 Å². The lowest BCUT2D eigenvalue weighted by Crippen LogP contribution is -2.30. The van der Waals surface area contributed by atoms with E-state index in [1.807, 2.05) is 0 Å². The summed E-state index contributed by atoms with van der Waals surface area (Å²) in [5.74, 6) is -1.61. The molecular weight excluding hydrogens is 1480 g/mol. The predicted molar refractivity (Wildman–Crippen MR) is 481 cm³/mol. The number of unbranched alkanes of at least 4 members (excludes halogenated alkanes) is 25. The van der Waals surface area contributed by atoms with Gasteiger partial charge in [-0.1, -0.05) is 349 Å². The monoisotopic (exact) mass is 1640 g/mol. The van der Waals surface area contributed by atoms with Gasteiger partial charge in [-0.05, 0) is 167 Å². The number of phosphoric ester groups is 2. The second-order valence-corrected chi connectivity index (χ2v) is 31.8. The third-order valence-corrected chi connectivity index (χ3v) is 19.9. The number of ether oxygens (including phenoxy) is 3. The first-order valence-corrected chi connectivity index (χ1v) is 47.4. The van der Waals surface area contributed by atoms with Gasteiger partial charge in [-0.2, -0.15) is 0 Å². The van der Waals surface area contributed by atoms with Gasteiger partial charge in [0.05, 0.1) is 26.4 Å². The second-order valence-electron chi connectivity index (χ2n) is 28.9. The lowest BCUT2D eigenvalue weighted by Gasteiger charge is -2.21. The van der Waals surface area contributed by atoms with Gasteiger partial charge in [-0.15, -0.1) is 0 Å². The number of esters is 3. The maximum Gasteiger partial charge on any atom is 0.472 e. The van der Waals surface area contributed by atoms with Crippen LogP contribution < -0.4 is 0 Å². The largest absolute Gasteiger partial charge is 0.472 e. The summed E-state index contributed by atoms with van der Waals surface area (Å²) in [5, 5.41) is 20.7. The van der Waals surface area contributed by atoms with Crippen LogP contribution in [-0.2, 0) is 55.8 Å². The minimum absolute atomic E-state index is 0.0851. The van der Waals surface area contributed by atoms with Gasteiger partial charge in [0.2, 0.25) is 0 Å². The Morgan fingerprint density at radius 1 is 0.243 bits per heavy atom. The number of hydrogen-bond acceptors (Lipinski definition) is 14. The van der Waals surface area contributed by atoms with Crippen LogP contribution >= 0.6 is 15.6 Å². The van der Waals surface area contributed by atoms with Crippen molar-refractivity contribution in [1.82, 2.24) is 0 Å². The minimum Gasteiger partial charge on any atom is -0.463 e. The summed E-state index contributed by atoms with van der Waals surface area (Å²) >= 11 is 0. The molecule has 5 unspecified atom stereocenters. The highest BCUT2D eigenvalue weighted by atomic mass is 31.2. The summed E-state index contributed by atoms with van der Waals surface area (Å²) in [6, 6.07) is 0. The van der Waals surface area contributed by atoms with E-state index in [1.54, 1.807) is 0 Å². The number of carbonyl (C=O) groups excluding carboxylic acids is 3. The summed E-state index contributed by atoms with van der Waals surface area (Å²) in [5.41, 5.74) is 0. The van der Waals surface area contributed by atoms with Crippen molar-refractivity contribution in [3.63, 3.8) is 0 Å². The molecule has 0 aromatic heterocycles. The smallest absolute Gasteiger partial charge is 0.463 e. The van der Waals surface area contributed by atoms with E-state index in [1.165, 1.54) is 51.4 Å².